The highest BCUT2D eigenvalue weighted by Gasteiger charge is 2.21. The normalized spacial score (nSPS) is 13.1. The quantitative estimate of drug-likeness (QED) is 0.176. The van der Waals surface area contributed by atoms with Gasteiger partial charge in [-0.3, -0.25) is 0 Å². The van der Waals surface area contributed by atoms with E-state index in [9.17, 15) is 10.2 Å². The van der Waals surface area contributed by atoms with Crippen LogP contribution in [0.15, 0.2) is 72.8 Å². The zero-order valence-electron chi connectivity index (χ0n) is 27.7. The predicted octanol–water partition coefficient (Wildman–Crippen LogP) is 10.8. The number of hydrogen-bond acceptors (Lipinski definition) is 2. The van der Waals surface area contributed by atoms with Gasteiger partial charge in [0.1, 0.15) is 11.5 Å². The molecule has 0 bridgehead atoms. The van der Waals surface area contributed by atoms with E-state index >= 15 is 0 Å². The molecule has 0 aliphatic rings. The van der Waals surface area contributed by atoms with Crippen LogP contribution in [0.1, 0.15) is 122 Å². The summed E-state index contributed by atoms with van der Waals surface area (Å²) < 4.78 is 0. The summed E-state index contributed by atoms with van der Waals surface area (Å²) in [5.41, 5.74) is 10.9. The molecule has 43 heavy (non-hydrogen) atoms. The van der Waals surface area contributed by atoms with Crippen LogP contribution in [0, 0.1) is 25.7 Å². The van der Waals surface area contributed by atoms with Gasteiger partial charge in [-0.1, -0.05) is 125 Å². The van der Waals surface area contributed by atoms with Crippen molar-refractivity contribution < 1.29 is 10.2 Å². The first-order valence-corrected chi connectivity index (χ1v) is 16.2. The second-order valence-corrected chi connectivity index (χ2v) is 13.7. The van der Waals surface area contributed by atoms with Gasteiger partial charge in [-0.25, -0.2) is 0 Å². The van der Waals surface area contributed by atoms with Crippen LogP contribution in [0.5, 0.6) is 11.5 Å². The molecule has 0 heterocycles. The Morgan fingerprint density at radius 3 is 1.19 bits per heavy atom. The number of benzene rings is 4. The van der Waals surface area contributed by atoms with Gasteiger partial charge in [-0.05, 0) is 84.7 Å². The molecule has 2 N–H and O–H groups in total. The average Bonchev–Trinajstić information content (AvgIpc) is 2.98. The minimum Gasteiger partial charge on any atom is -0.507 e. The summed E-state index contributed by atoms with van der Waals surface area (Å²) in [5.74, 6) is 2.16. The maximum absolute atomic E-state index is 11.5. The number of aromatic hydroxyl groups is 2. The predicted molar refractivity (Wildman–Crippen MR) is 183 cm³/mol. The fraction of sp³-hybridized carbons (Fsp3) is 0.415. The largest absolute Gasteiger partial charge is 0.507 e. The summed E-state index contributed by atoms with van der Waals surface area (Å²) >= 11 is 0. The lowest BCUT2D eigenvalue weighted by atomic mass is 9.86. The summed E-state index contributed by atoms with van der Waals surface area (Å²) in [6.07, 6.45) is 5.04. The Morgan fingerprint density at radius 2 is 0.860 bits per heavy atom. The van der Waals surface area contributed by atoms with Gasteiger partial charge in [0.15, 0.2) is 0 Å². The molecule has 2 nitrogen and oxygen atoms in total. The molecule has 0 fully saturated rings. The Labute approximate surface area is 260 Å². The smallest absolute Gasteiger partial charge is 0.122 e. The molecule has 2 heteroatoms. The summed E-state index contributed by atoms with van der Waals surface area (Å²) in [5, 5.41) is 23.1. The van der Waals surface area contributed by atoms with Gasteiger partial charge in [0.2, 0.25) is 0 Å². The van der Waals surface area contributed by atoms with E-state index in [1.54, 1.807) is 0 Å². The minimum atomic E-state index is 0.0583. The van der Waals surface area contributed by atoms with Crippen LogP contribution in [-0.2, 0) is 19.3 Å². The molecule has 0 spiro atoms. The molecule has 228 valence electrons. The first kappa shape index (κ1) is 32.4. The van der Waals surface area contributed by atoms with Gasteiger partial charge >= 0.3 is 0 Å². The molecule has 0 aliphatic carbocycles. The van der Waals surface area contributed by atoms with Gasteiger partial charge in [0.25, 0.3) is 0 Å². The van der Waals surface area contributed by atoms with Crippen molar-refractivity contribution in [2.24, 2.45) is 11.8 Å². The van der Waals surface area contributed by atoms with Crippen molar-refractivity contribution in [2.45, 2.75) is 99.3 Å². The maximum Gasteiger partial charge on any atom is 0.122 e. The highest BCUT2D eigenvalue weighted by molar-refractivity contribution is 5.54. The standard InChI is InChI=1S/C41H52O2/c1-26(2)9-11-32-13-17-34(18-14-32)30(7)38-23-28(5)21-36(40(38)42)25-37-22-29(6)24-39(41(37)43)31(8)35-19-15-33(16-20-35)12-10-27(3)4/h13-24,26-27,30-31,42-43H,9-12,25H2,1-8H3. The lowest BCUT2D eigenvalue weighted by Crippen LogP contribution is -2.03. The molecule has 0 saturated heterocycles. The van der Waals surface area contributed by atoms with E-state index in [-0.39, 0.29) is 11.8 Å². The van der Waals surface area contributed by atoms with E-state index in [0.29, 0.717) is 29.8 Å². The molecule has 4 aromatic rings. The van der Waals surface area contributed by atoms with Crippen molar-refractivity contribution in [3.05, 3.63) is 128 Å². The second kappa shape index (κ2) is 14.3. The van der Waals surface area contributed by atoms with E-state index in [2.05, 4.69) is 128 Å². The highest BCUT2D eigenvalue weighted by Crippen LogP contribution is 2.39. The third kappa shape index (κ3) is 8.31. The molecule has 0 aromatic heterocycles. The molecule has 0 aliphatic heterocycles. The average molecular weight is 577 g/mol. The Bertz CT molecular complexity index is 1380. The number of phenols is 2. The van der Waals surface area contributed by atoms with Gasteiger partial charge in [0.05, 0.1) is 0 Å². The fourth-order valence-corrected chi connectivity index (χ4v) is 6.12. The number of rotatable bonds is 12. The topological polar surface area (TPSA) is 40.5 Å². The van der Waals surface area contributed by atoms with Crippen LogP contribution in [-0.4, -0.2) is 10.2 Å². The molecule has 0 saturated carbocycles. The number of hydrogen-bond donors (Lipinski definition) is 2. The summed E-state index contributed by atoms with van der Waals surface area (Å²) in [7, 11) is 0. The van der Waals surface area contributed by atoms with Crippen molar-refractivity contribution >= 4 is 0 Å². The Kier molecular flexibility index (Phi) is 10.8. The van der Waals surface area contributed by atoms with Crippen LogP contribution in [0.25, 0.3) is 0 Å². The Morgan fingerprint density at radius 1 is 0.512 bits per heavy atom. The zero-order chi connectivity index (χ0) is 31.3. The minimum absolute atomic E-state index is 0.0583. The summed E-state index contributed by atoms with van der Waals surface area (Å²) in [4.78, 5) is 0. The van der Waals surface area contributed by atoms with Crippen molar-refractivity contribution in [2.75, 3.05) is 0 Å². The molecule has 2 unspecified atom stereocenters. The molecule has 0 radical (unpaired) electrons. The summed E-state index contributed by atoms with van der Waals surface area (Å²) in [6.45, 7) is 17.6. The summed E-state index contributed by atoms with van der Waals surface area (Å²) in [6, 6.07) is 26.1. The molecule has 0 amide bonds. The Hall–Kier alpha value is -3.52. The van der Waals surface area contributed by atoms with Gasteiger partial charge in [0, 0.05) is 29.4 Å². The van der Waals surface area contributed by atoms with E-state index in [1.165, 1.54) is 35.1 Å². The van der Waals surface area contributed by atoms with Crippen molar-refractivity contribution in [1.29, 1.82) is 0 Å². The fourth-order valence-electron chi connectivity index (χ4n) is 6.12. The molecule has 4 aromatic carbocycles. The van der Waals surface area contributed by atoms with Crippen LogP contribution in [0.4, 0.5) is 0 Å². The van der Waals surface area contributed by atoms with Crippen LogP contribution >= 0.6 is 0 Å². The Balaban J connectivity index is 1.58. The van der Waals surface area contributed by atoms with E-state index in [4.69, 9.17) is 0 Å². The molecular formula is C41H52O2. The maximum atomic E-state index is 11.5. The molecule has 2 atom stereocenters. The first-order valence-electron chi connectivity index (χ1n) is 16.2. The van der Waals surface area contributed by atoms with Crippen LogP contribution < -0.4 is 0 Å². The first-order chi connectivity index (χ1) is 20.4. The van der Waals surface area contributed by atoms with Crippen molar-refractivity contribution in [1.82, 2.24) is 0 Å². The second-order valence-electron chi connectivity index (χ2n) is 13.7. The van der Waals surface area contributed by atoms with Crippen LogP contribution in [0.2, 0.25) is 0 Å². The van der Waals surface area contributed by atoms with Crippen molar-refractivity contribution in [3.63, 3.8) is 0 Å². The third-order valence-corrected chi connectivity index (χ3v) is 9.02. The third-order valence-electron chi connectivity index (χ3n) is 9.02. The van der Waals surface area contributed by atoms with Crippen LogP contribution in [0.3, 0.4) is 0 Å². The highest BCUT2D eigenvalue weighted by atomic mass is 16.3. The van der Waals surface area contributed by atoms with Crippen molar-refractivity contribution in [3.8, 4) is 11.5 Å². The number of phenolic OH excluding ortho intramolecular Hbond substituents is 2. The van der Waals surface area contributed by atoms with E-state index in [1.807, 2.05) is 0 Å². The lowest BCUT2D eigenvalue weighted by molar-refractivity contribution is 0.453. The van der Waals surface area contributed by atoms with E-state index < -0.39 is 0 Å². The zero-order valence-corrected chi connectivity index (χ0v) is 27.7. The van der Waals surface area contributed by atoms with E-state index in [0.717, 1.165) is 46.2 Å². The monoisotopic (exact) mass is 576 g/mol. The number of aryl methyl sites for hydroxylation is 4. The SMILES string of the molecule is Cc1cc(Cc2cc(C)cc(C(C)c3ccc(CCC(C)C)cc3)c2O)c(O)c(C(C)c2ccc(CCC(C)C)cc2)c1. The van der Waals surface area contributed by atoms with Gasteiger partial charge in [-0.2, -0.15) is 0 Å². The molecule has 4 rings (SSSR count). The molecular weight excluding hydrogens is 524 g/mol. The lowest BCUT2D eigenvalue weighted by Gasteiger charge is -2.20. The van der Waals surface area contributed by atoms with Gasteiger partial charge < -0.3 is 10.2 Å². The van der Waals surface area contributed by atoms with Gasteiger partial charge in [-0.15, -0.1) is 0 Å².